The second-order valence-electron chi connectivity index (χ2n) is 2.49. The van der Waals surface area contributed by atoms with E-state index in [1.807, 2.05) is 0 Å². The molecule has 0 aliphatic rings. The van der Waals surface area contributed by atoms with Crippen LogP contribution in [0.25, 0.3) is 0 Å². The van der Waals surface area contributed by atoms with Crippen molar-refractivity contribution in [3.8, 4) is 6.07 Å². The van der Waals surface area contributed by atoms with Gasteiger partial charge in [0.25, 0.3) is 0 Å². The molecule has 70 valence electrons. The van der Waals surface area contributed by atoms with Crippen LogP contribution in [0.2, 0.25) is 0 Å². The normalized spacial score (nSPS) is 11.2. The van der Waals surface area contributed by atoms with E-state index in [9.17, 15) is 4.39 Å². The minimum atomic E-state index is -0.524. The van der Waals surface area contributed by atoms with Gasteiger partial charge in [0, 0.05) is 12.2 Å². The summed E-state index contributed by atoms with van der Waals surface area (Å²) >= 11 is 0. The zero-order valence-corrected chi connectivity index (χ0v) is 7.81. The van der Waals surface area contributed by atoms with Gasteiger partial charge in [0.05, 0.1) is 11.3 Å². The molecule has 1 rings (SSSR count). The fraction of sp³-hybridized carbons (Fsp3) is 0.250. The lowest BCUT2D eigenvalue weighted by Gasteiger charge is -2.04. The molecular formula is C8H9ClFN3. The summed E-state index contributed by atoms with van der Waals surface area (Å²) in [6, 6.07) is 2.47. The van der Waals surface area contributed by atoms with E-state index in [4.69, 9.17) is 11.0 Å². The Balaban J connectivity index is 0.00000144. The van der Waals surface area contributed by atoms with Gasteiger partial charge < -0.3 is 5.73 Å². The Morgan fingerprint density at radius 2 is 2.31 bits per heavy atom. The molecule has 0 aliphatic heterocycles. The van der Waals surface area contributed by atoms with Gasteiger partial charge in [0.1, 0.15) is 11.9 Å². The Morgan fingerprint density at radius 3 is 2.69 bits per heavy atom. The van der Waals surface area contributed by atoms with Gasteiger partial charge in [0.2, 0.25) is 0 Å². The van der Waals surface area contributed by atoms with Crippen molar-refractivity contribution < 1.29 is 4.39 Å². The number of pyridine rings is 1. The Bertz CT molecular complexity index is 333. The van der Waals surface area contributed by atoms with Crippen LogP contribution < -0.4 is 5.73 Å². The minimum absolute atomic E-state index is 0. The largest absolute Gasteiger partial charge is 0.323 e. The lowest BCUT2D eigenvalue weighted by Crippen LogP contribution is -2.09. The number of nitriles is 1. The van der Waals surface area contributed by atoms with E-state index >= 15 is 0 Å². The molecule has 13 heavy (non-hydrogen) atoms. The van der Waals surface area contributed by atoms with E-state index in [0.29, 0.717) is 0 Å². The molecule has 3 nitrogen and oxygen atoms in total. The summed E-state index contributed by atoms with van der Waals surface area (Å²) in [6.45, 7) is 1.64. The third-order valence-corrected chi connectivity index (χ3v) is 1.43. The van der Waals surface area contributed by atoms with Crippen molar-refractivity contribution in [3.63, 3.8) is 0 Å². The molecule has 0 aliphatic carbocycles. The number of nitrogens with two attached hydrogens (primary N) is 1. The average Bonchev–Trinajstić information content (AvgIpc) is 2.03. The lowest BCUT2D eigenvalue weighted by molar-refractivity contribution is 0.578. The highest BCUT2D eigenvalue weighted by Gasteiger charge is 2.08. The van der Waals surface area contributed by atoms with Crippen LogP contribution in [0.15, 0.2) is 12.3 Å². The first-order valence-electron chi connectivity index (χ1n) is 3.46. The minimum Gasteiger partial charge on any atom is -0.323 e. The van der Waals surface area contributed by atoms with Crippen molar-refractivity contribution in [3.05, 3.63) is 29.3 Å². The number of hydrogen-bond donors (Lipinski definition) is 1. The molecule has 0 radical (unpaired) electrons. The number of hydrogen-bond acceptors (Lipinski definition) is 3. The second-order valence-corrected chi connectivity index (χ2v) is 2.49. The molecule has 1 aromatic rings. The highest BCUT2D eigenvalue weighted by atomic mass is 35.5. The molecule has 0 aromatic carbocycles. The molecule has 0 saturated carbocycles. The standard InChI is InChI=1S/C8H8FN3.ClH/c1-5(11)8-7(9)2-6(3-10)4-12-8;/h2,4-5H,11H2,1H3;1H/t5-;/m0./s1. The summed E-state index contributed by atoms with van der Waals surface area (Å²) in [7, 11) is 0. The van der Waals surface area contributed by atoms with Gasteiger partial charge >= 0.3 is 0 Å². The molecule has 0 spiro atoms. The van der Waals surface area contributed by atoms with Crippen LogP contribution in [0.3, 0.4) is 0 Å². The SMILES string of the molecule is C[C@H](N)c1ncc(C#N)cc1F.Cl. The van der Waals surface area contributed by atoms with Crippen LogP contribution in [0, 0.1) is 17.1 Å². The second kappa shape index (κ2) is 4.75. The van der Waals surface area contributed by atoms with Gasteiger partial charge in [-0.15, -0.1) is 12.4 Å². The van der Waals surface area contributed by atoms with Gasteiger partial charge in [-0.05, 0) is 13.0 Å². The van der Waals surface area contributed by atoms with E-state index in [1.165, 1.54) is 6.20 Å². The first-order chi connectivity index (χ1) is 5.65. The molecule has 0 bridgehead atoms. The zero-order chi connectivity index (χ0) is 9.14. The quantitative estimate of drug-likeness (QED) is 0.750. The maximum atomic E-state index is 13.0. The molecule has 5 heteroatoms. The fourth-order valence-electron chi connectivity index (χ4n) is 0.845. The first-order valence-corrected chi connectivity index (χ1v) is 3.46. The van der Waals surface area contributed by atoms with Crippen LogP contribution >= 0.6 is 12.4 Å². The van der Waals surface area contributed by atoms with Gasteiger partial charge in [-0.25, -0.2) is 4.39 Å². The maximum Gasteiger partial charge on any atom is 0.147 e. The lowest BCUT2D eigenvalue weighted by atomic mass is 10.2. The van der Waals surface area contributed by atoms with Gasteiger partial charge in [0.15, 0.2) is 0 Å². The van der Waals surface area contributed by atoms with Crippen molar-refractivity contribution in [1.29, 1.82) is 5.26 Å². The molecule has 1 aromatic heterocycles. The molecule has 2 N–H and O–H groups in total. The summed E-state index contributed by atoms with van der Waals surface area (Å²) < 4.78 is 13.0. The molecule has 1 heterocycles. The molecule has 1 atom stereocenters. The smallest absolute Gasteiger partial charge is 0.147 e. The number of rotatable bonds is 1. The van der Waals surface area contributed by atoms with Crippen LogP contribution in [0.4, 0.5) is 4.39 Å². The van der Waals surface area contributed by atoms with Gasteiger partial charge in [-0.3, -0.25) is 4.98 Å². The van der Waals surface area contributed by atoms with E-state index in [0.717, 1.165) is 6.07 Å². The summed E-state index contributed by atoms with van der Waals surface area (Å²) in [4.78, 5) is 3.73. The van der Waals surface area contributed by atoms with Crippen LogP contribution in [-0.4, -0.2) is 4.98 Å². The molecular weight excluding hydrogens is 193 g/mol. The van der Waals surface area contributed by atoms with Crippen LogP contribution in [0.5, 0.6) is 0 Å². The molecule has 0 fully saturated rings. The Morgan fingerprint density at radius 1 is 1.69 bits per heavy atom. The van der Waals surface area contributed by atoms with Gasteiger partial charge in [-0.1, -0.05) is 0 Å². The third kappa shape index (κ3) is 2.65. The monoisotopic (exact) mass is 201 g/mol. The number of aromatic nitrogens is 1. The molecule has 0 amide bonds. The van der Waals surface area contributed by atoms with Gasteiger partial charge in [-0.2, -0.15) is 5.26 Å². The van der Waals surface area contributed by atoms with E-state index in [-0.39, 0.29) is 23.7 Å². The molecule has 0 saturated heterocycles. The zero-order valence-electron chi connectivity index (χ0n) is 6.99. The third-order valence-electron chi connectivity index (χ3n) is 1.43. The number of halogens is 2. The van der Waals surface area contributed by atoms with E-state index in [1.54, 1.807) is 13.0 Å². The van der Waals surface area contributed by atoms with E-state index in [2.05, 4.69) is 4.98 Å². The van der Waals surface area contributed by atoms with E-state index < -0.39 is 11.9 Å². The maximum absolute atomic E-state index is 13.0. The molecule has 0 unspecified atom stereocenters. The predicted molar refractivity (Wildman–Crippen MR) is 48.8 cm³/mol. The highest BCUT2D eigenvalue weighted by Crippen LogP contribution is 2.11. The van der Waals surface area contributed by atoms with Crippen molar-refractivity contribution in [2.75, 3.05) is 0 Å². The Kier molecular flexibility index (Phi) is 4.32. The highest BCUT2D eigenvalue weighted by molar-refractivity contribution is 5.85. The summed E-state index contributed by atoms with van der Waals surface area (Å²) in [5, 5.41) is 8.40. The first kappa shape index (κ1) is 11.8. The summed E-state index contributed by atoms with van der Waals surface area (Å²) in [5.41, 5.74) is 5.82. The summed E-state index contributed by atoms with van der Waals surface area (Å²) in [5.74, 6) is -0.524. The fourth-order valence-corrected chi connectivity index (χ4v) is 0.845. The topological polar surface area (TPSA) is 62.7 Å². The van der Waals surface area contributed by atoms with Crippen LogP contribution in [0.1, 0.15) is 24.2 Å². The van der Waals surface area contributed by atoms with Crippen molar-refractivity contribution in [2.45, 2.75) is 13.0 Å². The van der Waals surface area contributed by atoms with Crippen LogP contribution in [-0.2, 0) is 0 Å². The number of nitrogens with zero attached hydrogens (tertiary/aromatic N) is 2. The predicted octanol–water partition coefficient (Wildman–Crippen LogP) is 1.53. The average molecular weight is 202 g/mol. The van der Waals surface area contributed by atoms with Crippen molar-refractivity contribution >= 4 is 12.4 Å². The summed E-state index contributed by atoms with van der Waals surface area (Å²) in [6.07, 6.45) is 1.31. The van der Waals surface area contributed by atoms with Crippen molar-refractivity contribution in [1.82, 2.24) is 4.98 Å². The Hall–Kier alpha value is -1.18. The van der Waals surface area contributed by atoms with Crippen molar-refractivity contribution in [2.24, 2.45) is 5.73 Å². The Labute approximate surface area is 81.8 Å².